The second kappa shape index (κ2) is 6.27. The fraction of sp³-hybridized carbons (Fsp3) is 0.875. The molecular weight excluding hydrogens is 263 g/mol. The molecule has 0 bridgehead atoms. The van der Waals surface area contributed by atoms with Gasteiger partial charge in [0.15, 0.2) is 0 Å². The smallest absolute Gasteiger partial charge is 0.356 e. The number of alkyl halides is 4. The van der Waals surface area contributed by atoms with Crippen LogP contribution in [0.5, 0.6) is 0 Å². The highest BCUT2D eigenvalue weighted by atomic mass is 79.9. The maximum Gasteiger partial charge on any atom is 0.397 e. The Morgan fingerprint density at radius 3 is 2.50 bits per heavy atom. The number of halogens is 4. The van der Waals surface area contributed by atoms with E-state index in [4.69, 9.17) is 0 Å². The molecule has 0 heterocycles. The molecule has 0 saturated heterocycles. The number of carbonyl (C=O) groups excluding carboxylic acids is 1. The van der Waals surface area contributed by atoms with Gasteiger partial charge in [-0.05, 0) is 12.3 Å². The highest BCUT2D eigenvalue weighted by Gasteiger charge is 2.30. The van der Waals surface area contributed by atoms with Crippen LogP contribution in [0.1, 0.15) is 19.8 Å². The average molecular weight is 276 g/mol. The topological polar surface area (TPSA) is 29.1 Å². The molecule has 0 saturated carbocycles. The van der Waals surface area contributed by atoms with Gasteiger partial charge in [-0.1, -0.05) is 22.9 Å². The maximum absolute atomic E-state index is 11.7. The summed E-state index contributed by atoms with van der Waals surface area (Å²) in [6.45, 7) is 2.16. The van der Waals surface area contributed by atoms with Crippen molar-refractivity contribution in [3.05, 3.63) is 0 Å². The lowest BCUT2D eigenvalue weighted by Gasteiger charge is -2.11. The van der Waals surface area contributed by atoms with Gasteiger partial charge in [-0.15, -0.1) is 0 Å². The molecule has 6 heteroatoms. The molecule has 0 aromatic rings. The minimum atomic E-state index is -4.41. The molecule has 0 aromatic heterocycles. The molecule has 0 fully saturated rings. The van der Waals surface area contributed by atoms with Gasteiger partial charge in [0.1, 0.15) is 6.42 Å². The zero-order chi connectivity index (χ0) is 11.2. The maximum atomic E-state index is 11.7. The van der Waals surface area contributed by atoms with E-state index < -0.39 is 18.5 Å². The summed E-state index contributed by atoms with van der Waals surface area (Å²) in [5.41, 5.74) is 0. The van der Waals surface area contributed by atoms with Gasteiger partial charge in [0.2, 0.25) is 5.91 Å². The van der Waals surface area contributed by atoms with Crippen LogP contribution in [0.2, 0.25) is 0 Å². The van der Waals surface area contributed by atoms with Crippen LogP contribution in [0.25, 0.3) is 0 Å². The minimum absolute atomic E-state index is 0.187. The number of nitrogens with one attached hydrogen (secondary N) is 1. The van der Waals surface area contributed by atoms with Crippen molar-refractivity contribution in [1.29, 1.82) is 0 Å². The summed E-state index contributed by atoms with van der Waals surface area (Å²) in [5.74, 6) is -0.773. The van der Waals surface area contributed by atoms with Crippen LogP contribution in [0.3, 0.4) is 0 Å². The highest BCUT2D eigenvalue weighted by Crippen LogP contribution is 2.18. The van der Waals surface area contributed by atoms with Crippen LogP contribution < -0.4 is 5.32 Å². The van der Waals surface area contributed by atoms with Crippen molar-refractivity contribution in [2.24, 2.45) is 5.92 Å². The Labute approximate surface area is 89.4 Å². The molecule has 0 aliphatic heterocycles. The molecule has 2 nitrogen and oxygen atoms in total. The second-order valence-electron chi connectivity index (χ2n) is 3.18. The lowest BCUT2D eigenvalue weighted by atomic mass is 10.1. The highest BCUT2D eigenvalue weighted by molar-refractivity contribution is 9.09. The first-order valence-corrected chi connectivity index (χ1v) is 5.36. The van der Waals surface area contributed by atoms with Gasteiger partial charge < -0.3 is 5.32 Å². The first-order valence-electron chi connectivity index (χ1n) is 4.24. The van der Waals surface area contributed by atoms with E-state index in [9.17, 15) is 18.0 Å². The van der Waals surface area contributed by atoms with E-state index in [0.29, 0.717) is 6.54 Å². The minimum Gasteiger partial charge on any atom is -0.356 e. The second-order valence-corrected chi connectivity index (χ2v) is 3.97. The third kappa shape index (κ3) is 8.34. The van der Waals surface area contributed by atoms with Crippen LogP contribution in [0.15, 0.2) is 0 Å². The molecule has 1 unspecified atom stereocenters. The monoisotopic (exact) mass is 275 g/mol. The van der Waals surface area contributed by atoms with Gasteiger partial charge in [-0.3, -0.25) is 4.79 Å². The van der Waals surface area contributed by atoms with Gasteiger partial charge in [-0.2, -0.15) is 13.2 Å². The van der Waals surface area contributed by atoms with E-state index in [2.05, 4.69) is 21.2 Å². The number of hydrogen-bond donors (Lipinski definition) is 1. The van der Waals surface area contributed by atoms with E-state index in [1.807, 2.05) is 6.92 Å². The van der Waals surface area contributed by atoms with E-state index in [-0.39, 0.29) is 5.92 Å². The van der Waals surface area contributed by atoms with Crippen LogP contribution >= 0.6 is 15.9 Å². The summed E-state index contributed by atoms with van der Waals surface area (Å²) in [4.78, 5) is 10.7. The van der Waals surface area contributed by atoms with Crippen molar-refractivity contribution in [2.75, 3.05) is 11.9 Å². The molecule has 1 atom stereocenters. The van der Waals surface area contributed by atoms with Crippen molar-refractivity contribution in [3.63, 3.8) is 0 Å². The lowest BCUT2D eigenvalue weighted by molar-refractivity contribution is -0.153. The molecule has 1 N–H and O–H groups in total. The van der Waals surface area contributed by atoms with E-state index >= 15 is 0 Å². The molecule has 0 spiro atoms. The van der Waals surface area contributed by atoms with E-state index in [0.717, 1.165) is 11.8 Å². The predicted molar refractivity (Wildman–Crippen MR) is 51.3 cm³/mol. The molecule has 0 radical (unpaired) electrons. The van der Waals surface area contributed by atoms with Crippen LogP contribution in [-0.4, -0.2) is 24.0 Å². The number of hydrogen-bond acceptors (Lipinski definition) is 1. The first-order chi connectivity index (χ1) is 6.35. The van der Waals surface area contributed by atoms with Crippen molar-refractivity contribution >= 4 is 21.8 Å². The van der Waals surface area contributed by atoms with E-state index in [1.54, 1.807) is 0 Å². The van der Waals surface area contributed by atoms with Crippen LogP contribution in [0.4, 0.5) is 13.2 Å². The summed E-state index contributed by atoms with van der Waals surface area (Å²) >= 11 is 3.21. The summed E-state index contributed by atoms with van der Waals surface area (Å²) in [6, 6.07) is 0. The Morgan fingerprint density at radius 2 is 2.07 bits per heavy atom. The lowest BCUT2D eigenvalue weighted by Crippen LogP contribution is -2.31. The van der Waals surface area contributed by atoms with Crippen molar-refractivity contribution < 1.29 is 18.0 Å². The number of rotatable bonds is 5. The molecule has 84 valence electrons. The normalized spacial score (nSPS) is 13.8. The zero-order valence-electron chi connectivity index (χ0n) is 7.83. The number of amides is 1. The van der Waals surface area contributed by atoms with Crippen LogP contribution in [0, 0.1) is 5.92 Å². The third-order valence-electron chi connectivity index (χ3n) is 1.61. The molecule has 14 heavy (non-hydrogen) atoms. The zero-order valence-corrected chi connectivity index (χ0v) is 9.41. The Bertz CT molecular complexity index is 184. The molecule has 0 aliphatic rings. The predicted octanol–water partition coefficient (Wildman–Crippen LogP) is 2.48. The molecule has 0 rings (SSSR count). The quantitative estimate of drug-likeness (QED) is 0.768. The summed E-state index contributed by atoms with van der Waals surface area (Å²) in [7, 11) is 0. The largest absolute Gasteiger partial charge is 0.397 e. The summed E-state index contributed by atoms with van der Waals surface area (Å²) in [5, 5.41) is 3.03. The van der Waals surface area contributed by atoms with Gasteiger partial charge in [0, 0.05) is 11.9 Å². The summed E-state index contributed by atoms with van der Waals surface area (Å²) < 4.78 is 35.1. The standard InChI is InChI=1S/C8H13BrF3NO/c1-6(2-3-9)5-13-7(14)4-8(10,11)12/h6H,2-5H2,1H3,(H,13,14). The van der Waals surface area contributed by atoms with Crippen LogP contribution in [-0.2, 0) is 4.79 Å². The Balaban J connectivity index is 3.64. The van der Waals surface area contributed by atoms with Crippen molar-refractivity contribution in [2.45, 2.75) is 25.9 Å². The van der Waals surface area contributed by atoms with Crippen molar-refractivity contribution in [3.8, 4) is 0 Å². The molecule has 1 amide bonds. The summed E-state index contributed by atoms with van der Waals surface area (Å²) in [6.07, 6.45) is -4.98. The molecule has 0 aromatic carbocycles. The van der Waals surface area contributed by atoms with Gasteiger partial charge >= 0.3 is 6.18 Å². The SMILES string of the molecule is CC(CCBr)CNC(=O)CC(F)(F)F. The van der Waals surface area contributed by atoms with E-state index in [1.165, 1.54) is 0 Å². The molecular formula is C8H13BrF3NO. The van der Waals surface area contributed by atoms with Crippen molar-refractivity contribution in [1.82, 2.24) is 5.32 Å². The fourth-order valence-corrected chi connectivity index (χ4v) is 1.60. The fourth-order valence-electron chi connectivity index (χ4n) is 0.821. The number of carbonyl (C=O) groups is 1. The Kier molecular flexibility index (Phi) is 6.15. The molecule has 0 aliphatic carbocycles. The average Bonchev–Trinajstić information content (AvgIpc) is 1.98. The van der Waals surface area contributed by atoms with Gasteiger partial charge in [0.05, 0.1) is 0 Å². The first kappa shape index (κ1) is 13.7. The Hall–Kier alpha value is -0.260. The Morgan fingerprint density at radius 1 is 1.50 bits per heavy atom. The third-order valence-corrected chi connectivity index (χ3v) is 2.07. The van der Waals surface area contributed by atoms with Gasteiger partial charge in [-0.25, -0.2) is 0 Å². The van der Waals surface area contributed by atoms with Gasteiger partial charge in [0.25, 0.3) is 0 Å².